The number of amides is 1. The fourth-order valence-corrected chi connectivity index (χ4v) is 2.02. The fraction of sp³-hybridized carbons (Fsp3) is 0.200. The van der Waals surface area contributed by atoms with Crippen LogP contribution in [0.5, 0.6) is 5.75 Å². The molecule has 16 heavy (non-hydrogen) atoms. The molecule has 0 saturated carbocycles. The van der Waals surface area contributed by atoms with E-state index in [4.69, 9.17) is 23.2 Å². The first-order chi connectivity index (χ1) is 7.49. The van der Waals surface area contributed by atoms with Gasteiger partial charge < -0.3 is 10.0 Å². The Morgan fingerprint density at radius 1 is 1.19 bits per heavy atom. The standard InChI is InChI=1S/C10H7Cl2NO3/c11-6-2-7(12)9(15)3-8(6)13-4-5(14)1-10(13)16/h2-3,15H,1,4H2. The van der Waals surface area contributed by atoms with Gasteiger partial charge in [0.2, 0.25) is 5.91 Å². The number of rotatable bonds is 1. The highest BCUT2D eigenvalue weighted by Crippen LogP contribution is 2.36. The van der Waals surface area contributed by atoms with Gasteiger partial charge in [0.15, 0.2) is 5.78 Å². The Balaban J connectivity index is 2.45. The van der Waals surface area contributed by atoms with E-state index in [1.807, 2.05) is 0 Å². The van der Waals surface area contributed by atoms with E-state index in [9.17, 15) is 14.7 Å². The lowest BCUT2D eigenvalue weighted by molar-refractivity contribution is -0.121. The van der Waals surface area contributed by atoms with Gasteiger partial charge in [-0.1, -0.05) is 23.2 Å². The third kappa shape index (κ3) is 1.86. The number of phenolic OH excluding ortho intramolecular Hbond substituents is 1. The highest BCUT2D eigenvalue weighted by Gasteiger charge is 2.30. The van der Waals surface area contributed by atoms with Crippen LogP contribution in [0.2, 0.25) is 10.0 Å². The van der Waals surface area contributed by atoms with Crippen molar-refractivity contribution in [2.24, 2.45) is 0 Å². The summed E-state index contributed by atoms with van der Waals surface area (Å²) < 4.78 is 0. The first-order valence-corrected chi connectivity index (χ1v) is 5.24. The number of ketones is 1. The molecule has 6 heteroatoms. The maximum atomic E-state index is 11.5. The second kappa shape index (κ2) is 3.96. The van der Waals surface area contributed by atoms with Gasteiger partial charge in [0.1, 0.15) is 5.75 Å². The van der Waals surface area contributed by atoms with E-state index in [0.717, 1.165) is 0 Å². The monoisotopic (exact) mass is 259 g/mol. The van der Waals surface area contributed by atoms with Crippen LogP contribution in [-0.4, -0.2) is 23.3 Å². The number of carbonyl (C=O) groups is 2. The number of aromatic hydroxyl groups is 1. The number of hydrogen-bond acceptors (Lipinski definition) is 3. The Hall–Kier alpha value is -1.26. The quantitative estimate of drug-likeness (QED) is 0.785. The van der Waals surface area contributed by atoms with Crippen LogP contribution >= 0.6 is 23.2 Å². The van der Waals surface area contributed by atoms with Crippen molar-refractivity contribution in [1.29, 1.82) is 0 Å². The van der Waals surface area contributed by atoms with Crippen LogP contribution in [0.15, 0.2) is 12.1 Å². The number of Topliss-reactive ketones (excluding diaryl/α,β-unsaturated/α-hetero) is 1. The molecule has 1 aromatic rings. The zero-order valence-corrected chi connectivity index (χ0v) is 9.55. The maximum absolute atomic E-state index is 11.5. The van der Waals surface area contributed by atoms with Crippen molar-refractivity contribution in [3.63, 3.8) is 0 Å². The van der Waals surface area contributed by atoms with E-state index in [1.54, 1.807) is 0 Å². The molecule has 0 bridgehead atoms. The number of nitrogens with zero attached hydrogens (tertiary/aromatic N) is 1. The predicted molar refractivity (Wildman–Crippen MR) is 60.1 cm³/mol. The lowest BCUT2D eigenvalue weighted by Crippen LogP contribution is -2.24. The lowest BCUT2D eigenvalue weighted by Gasteiger charge is -2.16. The predicted octanol–water partition coefficient (Wildman–Crippen LogP) is 2.00. The van der Waals surface area contributed by atoms with Gasteiger partial charge in [-0.15, -0.1) is 0 Å². The van der Waals surface area contributed by atoms with Crippen molar-refractivity contribution in [2.45, 2.75) is 6.42 Å². The molecule has 1 aromatic carbocycles. The summed E-state index contributed by atoms with van der Waals surface area (Å²) in [5, 5.41) is 9.75. The molecule has 0 spiro atoms. The van der Waals surface area contributed by atoms with E-state index in [2.05, 4.69) is 0 Å². The summed E-state index contributed by atoms with van der Waals surface area (Å²) in [6.45, 7) is -0.0143. The zero-order valence-electron chi connectivity index (χ0n) is 8.04. The minimum atomic E-state index is -0.325. The first kappa shape index (κ1) is 11.2. The summed E-state index contributed by atoms with van der Waals surface area (Å²) in [5.41, 5.74) is 0.305. The van der Waals surface area contributed by atoms with Crippen LogP contribution in [-0.2, 0) is 9.59 Å². The largest absolute Gasteiger partial charge is 0.506 e. The van der Waals surface area contributed by atoms with Gasteiger partial charge in [-0.05, 0) is 6.07 Å². The van der Waals surface area contributed by atoms with E-state index in [0.29, 0.717) is 5.69 Å². The van der Waals surface area contributed by atoms with Crippen molar-refractivity contribution in [2.75, 3.05) is 11.4 Å². The Morgan fingerprint density at radius 2 is 1.88 bits per heavy atom. The van der Waals surface area contributed by atoms with Gasteiger partial charge in [-0.25, -0.2) is 0 Å². The Kier molecular flexibility index (Phi) is 2.78. The number of phenols is 1. The molecule has 1 heterocycles. The van der Waals surface area contributed by atoms with Crippen molar-refractivity contribution in [3.05, 3.63) is 22.2 Å². The van der Waals surface area contributed by atoms with E-state index in [1.165, 1.54) is 17.0 Å². The van der Waals surface area contributed by atoms with Gasteiger partial charge in [0.25, 0.3) is 0 Å². The van der Waals surface area contributed by atoms with Crippen LogP contribution in [0.1, 0.15) is 6.42 Å². The van der Waals surface area contributed by atoms with Crippen molar-refractivity contribution < 1.29 is 14.7 Å². The Labute approximate surface area is 101 Å². The minimum Gasteiger partial charge on any atom is -0.506 e. The van der Waals surface area contributed by atoms with Crippen LogP contribution < -0.4 is 4.90 Å². The highest BCUT2D eigenvalue weighted by molar-refractivity contribution is 6.38. The molecule has 1 N–H and O–H groups in total. The molecule has 0 atom stereocenters. The second-order valence-electron chi connectivity index (χ2n) is 3.45. The maximum Gasteiger partial charge on any atom is 0.234 e. The third-order valence-corrected chi connectivity index (χ3v) is 2.90. The molecule has 1 aliphatic rings. The van der Waals surface area contributed by atoms with Crippen molar-refractivity contribution in [3.8, 4) is 5.75 Å². The average Bonchev–Trinajstić information content (AvgIpc) is 2.51. The van der Waals surface area contributed by atoms with Crippen LogP contribution in [0.4, 0.5) is 5.69 Å². The minimum absolute atomic E-state index is 0.0143. The van der Waals surface area contributed by atoms with Crippen LogP contribution in [0.25, 0.3) is 0 Å². The van der Waals surface area contributed by atoms with Crippen LogP contribution in [0.3, 0.4) is 0 Å². The molecule has 0 unspecified atom stereocenters. The molecule has 84 valence electrons. The summed E-state index contributed by atoms with van der Waals surface area (Å²) in [5.74, 6) is -0.669. The van der Waals surface area contributed by atoms with Gasteiger partial charge in [0.05, 0.1) is 28.7 Å². The number of carbonyl (C=O) groups excluding carboxylic acids is 2. The molecular weight excluding hydrogens is 253 g/mol. The second-order valence-corrected chi connectivity index (χ2v) is 4.26. The first-order valence-electron chi connectivity index (χ1n) is 4.49. The summed E-state index contributed by atoms with van der Waals surface area (Å²) >= 11 is 11.5. The van der Waals surface area contributed by atoms with E-state index in [-0.39, 0.29) is 40.5 Å². The molecule has 2 rings (SSSR count). The smallest absolute Gasteiger partial charge is 0.234 e. The molecule has 1 saturated heterocycles. The van der Waals surface area contributed by atoms with Gasteiger partial charge in [-0.2, -0.15) is 0 Å². The molecule has 1 fully saturated rings. The van der Waals surface area contributed by atoms with Crippen molar-refractivity contribution in [1.82, 2.24) is 0 Å². The number of benzene rings is 1. The molecule has 0 aliphatic carbocycles. The number of halogens is 2. The number of hydrogen-bond donors (Lipinski definition) is 1. The van der Waals surface area contributed by atoms with Crippen molar-refractivity contribution >= 4 is 40.6 Å². The summed E-state index contributed by atoms with van der Waals surface area (Å²) in [4.78, 5) is 23.8. The molecule has 1 amide bonds. The molecule has 1 aliphatic heterocycles. The zero-order chi connectivity index (χ0) is 11.9. The van der Waals surface area contributed by atoms with Gasteiger partial charge in [0, 0.05) is 6.07 Å². The Morgan fingerprint density at radius 3 is 2.44 bits per heavy atom. The highest BCUT2D eigenvalue weighted by atomic mass is 35.5. The SMILES string of the molecule is O=C1CC(=O)N(c2cc(O)c(Cl)cc2Cl)C1. The third-order valence-electron chi connectivity index (χ3n) is 2.29. The summed E-state index contributed by atoms with van der Waals surface area (Å²) in [7, 11) is 0. The molecular formula is C10H7Cl2NO3. The van der Waals surface area contributed by atoms with Gasteiger partial charge in [-0.3, -0.25) is 9.59 Å². The molecule has 4 nitrogen and oxygen atoms in total. The topological polar surface area (TPSA) is 57.6 Å². The normalized spacial score (nSPS) is 16.0. The lowest BCUT2D eigenvalue weighted by atomic mass is 10.2. The van der Waals surface area contributed by atoms with Gasteiger partial charge >= 0.3 is 0 Å². The van der Waals surface area contributed by atoms with E-state index < -0.39 is 0 Å². The fourth-order valence-electron chi connectivity index (χ4n) is 1.54. The number of anilines is 1. The molecule has 0 aromatic heterocycles. The summed E-state index contributed by atoms with van der Waals surface area (Å²) in [6.07, 6.45) is -0.125. The Bertz CT molecular complexity index is 487. The molecule has 0 radical (unpaired) electrons. The summed E-state index contributed by atoms with van der Waals surface area (Å²) in [6, 6.07) is 2.62. The average molecular weight is 260 g/mol. The van der Waals surface area contributed by atoms with E-state index >= 15 is 0 Å². The van der Waals surface area contributed by atoms with Crippen LogP contribution in [0, 0.1) is 0 Å².